The van der Waals surface area contributed by atoms with Crippen molar-refractivity contribution in [3.05, 3.63) is 18.2 Å². The van der Waals surface area contributed by atoms with Crippen LogP contribution in [0.3, 0.4) is 0 Å². The molecule has 0 saturated carbocycles. The first kappa shape index (κ1) is 14.7. The van der Waals surface area contributed by atoms with E-state index in [1.165, 1.54) is 25.7 Å². The Morgan fingerprint density at radius 1 is 1.20 bits per heavy atom. The molecule has 0 saturated heterocycles. The Bertz CT molecular complexity index is 534. The lowest BCUT2D eigenvalue weighted by Gasteiger charge is -2.04. The normalized spacial score (nSPS) is 11.3. The summed E-state index contributed by atoms with van der Waals surface area (Å²) in [6.45, 7) is 5.47. The minimum Gasteiger partial charge on any atom is -0.423 e. The lowest BCUT2D eigenvalue weighted by atomic mass is 10.0. The first-order valence-corrected chi connectivity index (χ1v) is 7.55. The van der Waals surface area contributed by atoms with Crippen molar-refractivity contribution in [3.63, 3.8) is 0 Å². The maximum absolute atomic E-state index is 5.71. The molecule has 20 heavy (non-hydrogen) atoms. The standard InChI is InChI=1S/C16H25N3O/c1-12(2)7-5-3-4-6-10-18-16-19-14-9-8-13(17)11-15(14)20-16/h8-9,11-12H,3-7,10,17H2,1-2H3,(H,18,19). The number of oxazole rings is 1. The fraction of sp³-hybridized carbons (Fsp3) is 0.562. The molecular formula is C16H25N3O. The van der Waals surface area contributed by atoms with E-state index < -0.39 is 0 Å². The van der Waals surface area contributed by atoms with Crippen molar-refractivity contribution in [3.8, 4) is 0 Å². The van der Waals surface area contributed by atoms with Crippen LogP contribution in [0.25, 0.3) is 11.1 Å². The highest BCUT2D eigenvalue weighted by molar-refractivity contribution is 5.77. The number of hydrogen-bond donors (Lipinski definition) is 2. The van der Waals surface area contributed by atoms with Crippen LogP contribution in [-0.2, 0) is 0 Å². The number of nitrogen functional groups attached to an aromatic ring is 1. The van der Waals surface area contributed by atoms with E-state index in [2.05, 4.69) is 24.1 Å². The fourth-order valence-corrected chi connectivity index (χ4v) is 2.24. The Morgan fingerprint density at radius 3 is 2.80 bits per heavy atom. The van der Waals surface area contributed by atoms with Crippen LogP contribution < -0.4 is 11.1 Å². The van der Waals surface area contributed by atoms with Gasteiger partial charge in [0.25, 0.3) is 6.01 Å². The van der Waals surface area contributed by atoms with Crippen LogP contribution in [0.1, 0.15) is 46.0 Å². The van der Waals surface area contributed by atoms with Gasteiger partial charge in [0, 0.05) is 18.3 Å². The van der Waals surface area contributed by atoms with Gasteiger partial charge in [-0.2, -0.15) is 4.98 Å². The van der Waals surface area contributed by atoms with E-state index >= 15 is 0 Å². The van der Waals surface area contributed by atoms with Crippen LogP contribution in [0.5, 0.6) is 0 Å². The van der Waals surface area contributed by atoms with Gasteiger partial charge in [0.05, 0.1) is 0 Å². The quantitative estimate of drug-likeness (QED) is 0.552. The lowest BCUT2D eigenvalue weighted by Crippen LogP contribution is -2.01. The van der Waals surface area contributed by atoms with Crippen molar-refractivity contribution >= 4 is 22.8 Å². The largest absolute Gasteiger partial charge is 0.423 e. The molecule has 4 nitrogen and oxygen atoms in total. The number of benzene rings is 1. The highest BCUT2D eigenvalue weighted by Crippen LogP contribution is 2.21. The van der Waals surface area contributed by atoms with Crippen molar-refractivity contribution in [2.24, 2.45) is 5.92 Å². The van der Waals surface area contributed by atoms with E-state index in [9.17, 15) is 0 Å². The van der Waals surface area contributed by atoms with Gasteiger partial charge in [-0.1, -0.05) is 39.5 Å². The third kappa shape index (κ3) is 4.44. The molecule has 0 aliphatic heterocycles. The molecule has 0 spiro atoms. The third-order valence-electron chi connectivity index (χ3n) is 3.40. The molecule has 0 aliphatic rings. The first-order valence-electron chi connectivity index (χ1n) is 7.55. The molecule has 0 fully saturated rings. The van der Waals surface area contributed by atoms with Gasteiger partial charge in [0.1, 0.15) is 5.52 Å². The Kier molecular flexibility index (Phi) is 5.27. The molecule has 0 aliphatic carbocycles. The molecule has 2 rings (SSSR count). The Hall–Kier alpha value is -1.71. The molecule has 0 amide bonds. The minimum atomic E-state index is 0.591. The van der Waals surface area contributed by atoms with Gasteiger partial charge in [-0.25, -0.2) is 0 Å². The molecule has 0 bridgehead atoms. The lowest BCUT2D eigenvalue weighted by molar-refractivity contribution is 0.521. The van der Waals surface area contributed by atoms with E-state index in [4.69, 9.17) is 10.2 Å². The molecule has 1 aromatic carbocycles. The number of hydrogen-bond acceptors (Lipinski definition) is 4. The zero-order valence-corrected chi connectivity index (χ0v) is 12.5. The number of aromatic nitrogens is 1. The Balaban J connectivity index is 1.68. The number of anilines is 2. The van der Waals surface area contributed by atoms with Gasteiger partial charge in [0.2, 0.25) is 0 Å². The third-order valence-corrected chi connectivity index (χ3v) is 3.40. The summed E-state index contributed by atoms with van der Waals surface area (Å²) in [5, 5.41) is 3.23. The molecule has 0 unspecified atom stereocenters. The van der Waals surface area contributed by atoms with Crippen LogP contribution in [-0.4, -0.2) is 11.5 Å². The van der Waals surface area contributed by atoms with E-state index in [0.29, 0.717) is 11.7 Å². The van der Waals surface area contributed by atoms with E-state index in [1.807, 2.05) is 12.1 Å². The van der Waals surface area contributed by atoms with Crippen LogP contribution in [0.2, 0.25) is 0 Å². The Labute approximate surface area is 120 Å². The van der Waals surface area contributed by atoms with Crippen LogP contribution >= 0.6 is 0 Å². The summed E-state index contributed by atoms with van der Waals surface area (Å²) in [5.41, 5.74) is 8.00. The van der Waals surface area contributed by atoms with Gasteiger partial charge in [-0.05, 0) is 24.5 Å². The van der Waals surface area contributed by atoms with Crippen molar-refractivity contribution in [1.29, 1.82) is 0 Å². The summed E-state index contributed by atoms with van der Waals surface area (Å²) in [6, 6.07) is 6.11. The molecule has 0 radical (unpaired) electrons. The summed E-state index contributed by atoms with van der Waals surface area (Å²) < 4.78 is 5.61. The number of nitrogens with two attached hydrogens (primary N) is 1. The topological polar surface area (TPSA) is 64.1 Å². The van der Waals surface area contributed by atoms with Crippen LogP contribution in [0, 0.1) is 5.92 Å². The Morgan fingerprint density at radius 2 is 2.00 bits per heavy atom. The summed E-state index contributed by atoms with van der Waals surface area (Å²) in [4.78, 5) is 4.38. The molecule has 4 heteroatoms. The fourth-order valence-electron chi connectivity index (χ4n) is 2.24. The van der Waals surface area contributed by atoms with Crippen molar-refractivity contribution < 1.29 is 4.42 Å². The molecule has 110 valence electrons. The average molecular weight is 275 g/mol. The predicted molar refractivity (Wildman–Crippen MR) is 84.8 cm³/mol. The van der Waals surface area contributed by atoms with Crippen LogP contribution in [0.15, 0.2) is 22.6 Å². The van der Waals surface area contributed by atoms with E-state index in [-0.39, 0.29) is 0 Å². The van der Waals surface area contributed by atoms with Crippen LogP contribution in [0.4, 0.5) is 11.7 Å². The second kappa shape index (κ2) is 7.17. The summed E-state index contributed by atoms with van der Waals surface area (Å²) in [6.07, 6.45) is 6.38. The zero-order chi connectivity index (χ0) is 14.4. The minimum absolute atomic E-state index is 0.591. The number of unbranched alkanes of at least 4 members (excludes halogenated alkanes) is 3. The van der Waals surface area contributed by atoms with Gasteiger partial charge >= 0.3 is 0 Å². The number of fused-ring (bicyclic) bond motifs is 1. The highest BCUT2D eigenvalue weighted by atomic mass is 16.4. The van der Waals surface area contributed by atoms with Gasteiger partial charge in [-0.3, -0.25) is 0 Å². The van der Waals surface area contributed by atoms with Gasteiger partial charge in [0.15, 0.2) is 5.58 Å². The predicted octanol–water partition coefficient (Wildman–Crippen LogP) is 4.43. The SMILES string of the molecule is CC(C)CCCCCCNc1nc2ccc(N)cc2o1. The van der Waals surface area contributed by atoms with E-state index in [1.54, 1.807) is 6.07 Å². The molecule has 2 aromatic rings. The zero-order valence-electron chi connectivity index (χ0n) is 12.5. The number of nitrogens with one attached hydrogen (secondary N) is 1. The smallest absolute Gasteiger partial charge is 0.295 e. The summed E-state index contributed by atoms with van der Waals surface area (Å²) >= 11 is 0. The maximum Gasteiger partial charge on any atom is 0.295 e. The summed E-state index contributed by atoms with van der Waals surface area (Å²) in [5.74, 6) is 0.820. The summed E-state index contributed by atoms with van der Waals surface area (Å²) in [7, 11) is 0. The first-order chi connectivity index (χ1) is 9.65. The molecule has 0 atom stereocenters. The highest BCUT2D eigenvalue weighted by Gasteiger charge is 2.04. The van der Waals surface area contributed by atoms with Gasteiger partial charge < -0.3 is 15.5 Å². The average Bonchev–Trinajstić information content (AvgIpc) is 2.79. The van der Waals surface area contributed by atoms with E-state index in [0.717, 1.165) is 30.0 Å². The van der Waals surface area contributed by atoms with Crippen molar-refractivity contribution in [2.45, 2.75) is 46.0 Å². The maximum atomic E-state index is 5.71. The second-order valence-electron chi connectivity index (χ2n) is 5.77. The number of rotatable bonds is 8. The monoisotopic (exact) mass is 275 g/mol. The van der Waals surface area contributed by atoms with Gasteiger partial charge in [-0.15, -0.1) is 0 Å². The molecular weight excluding hydrogens is 250 g/mol. The molecule has 1 heterocycles. The van der Waals surface area contributed by atoms with Crippen molar-refractivity contribution in [1.82, 2.24) is 4.98 Å². The number of nitrogens with zero attached hydrogens (tertiary/aromatic N) is 1. The second-order valence-corrected chi connectivity index (χ2v) is 5.77. The molecule has 3 N–H and O–H groups in total. The van der Waals surface area contributed by atoms with Crippen molar-refractivity contribution in [2.75, 3.05) is 17.6 Å². The molecule has 1 aromatic heterocycles.